The number of hydrogen-bond donors (Lipinski definition) is 3. The van der Waals surface area contributed by atoms with Crippen LogP contribution in [0.3, 0.4) is 0 Å². The fourth-order valence-corrected chi connectivity index (χ4v) is 5.82. The highest BCUT2D eigenvalue weighted by molar-refractivity contribution is 6.04. The maximum Gasteiger partial charge on any atom is 0.323 e. The SMILES string of the molecule is COc1ccccc1N1CCN(c2ccc(NC(=O)Nc3ccc(C(C)C)cc3)cc2C(=O)NCCCN2CCOCC2)CC1. The third-order valence-corrected chi connectivity index (χ3v) is 8.42. The van der Waals surface area contributed by atoms with Crippen molar-refractivity contribution in [3.63, 3.8) is 0 Å². The van der Waals surface area contributed by atoms with Gasteiger partial charge in [-0.15, -0.1) is 0 Å². The Hall–Kier alpha value is -4.28. The minimum Gasteiger partial charge on any atom is -0.495 e. The van der Waals surface area contributed by atoms with Crippen molar-refractivity contribution < 1.29 is 19.1 Å². The van der Waals surface area contributed by atoms with Gasteiger partial charge in [-0.25, -0.2) is 4.79 Å². The molecule has 0 unspecified atom stereocenters. The lowest BCUT2D eigenvalue weighted by atomic mass is 10.0. The van der Waals surface area contributed by atoms with Gasteiger partial charge in [-0.05, 0) is 66.9 Å². The smallest absolute Gasteiger partial charge is 0.323 e. The molecule has 45 heavy (non-hydrogen) atoms. The molecule has 0 radical (unpaired) electrons. The number of ether oxygens (including phenoxy) is 2. The fourth-order valence-electron chi connectivity index (χ4n) is 5.82. The summed E-state index contributed by atoms with van der Waals surface area (Å²) in [6.45, 7) is 12.2. The molecule has 3 N–H and O–H groups in total. The first-order valence-corrected chi connectivity index (χ1v) is 15.9. The molecule has 0 saturated carbocycles. The van der Waals surface area contributed by atoms with Crippen LogP contribution in [0, 0.1) is 0 Å². The highest BCUT2D eigenvalue weighted by Gasteiger charge is 2.24. The highest BCUT2D eigenvalue weighted by atomic mass is 16.5. The first-order valence-electron chi connectivity index (χ1n) is 15.9. The van der Waals surface area contributed by atoms with Crippen LogP contribution in [0.25, 0.3) is 0 Å². The summed E-state index contributed by atoms with van der Waals surface area (Å²) < 4.78 is 11.0. The normalized spacial score (nSPS) is 15.6. The molecule has 0 aliphatic carbocycles. The topological polar surface area (TPSA) is 98.4 Å². The van der Waals surface area contributed by atoms with Gasteiger partial charge in [0.05, 0.1) is 31.6 Å². The molecule has 3 aromatic rings. The Bertz CT molecular complexity index is 1420. The first kappa shape index (κ1) is 32.1. The summed E-state index contributed by atoms with van der Waals surface area (Å²) in [4.78, 5) is 33.4. The predicted molar refractivity (Wildman–Crippen MR) is 181 cm³/mol. The molecule has 10 nitrogen and oxygen atoms in total. The number of para-hydroxylation sites is 2. The van der Waals surface area contributed by atoms with Crippen molar-refractivity contribution in [2.45, 2.75) is 26.2 Å². The molecule has 0 bridgehead atoms. The molecule has 3 amide bonds. The minimum atomic E-state index is -0.359. The molecule has 10 heteroatoms. The van der Waals surface area contributed by atoms with Crippen molar-refractivity contribution in [3.05, 3.63) is 77.9 Å². The van der Waals surface area contributed by atoms with Crippen molar-refractivity contribution in [2.75, 3.05) is 93.1 Å². The van der Waals surface area contributed by atoms with Gasteiger partial charge in [-0.1, -0.05) is 38.1 Å². The van der Waals surface area contributed by atoms with Crippen molar-refractivity contribution >= 4 is 34.7 Å². The predicted octanol–water partition coefficient (Wildman–Crippen LogP) is 5.24. The van der Waals surface area contributed by atoms with E-state index in [-0.39, 0.29) is 11.9 Å². The number of carbonyl (C=O) groups is 2. The Kier molecular flexibility index (Phi) is 11.2. The molecule has 0 spiro atoms. The zero-order valence-corrected chi connectivity index (χ0v) is 26.7. The van der Waals surface area contributed by atoms with Crippen molar-refractivity contribution in [1.29, 1.82) is 0 Å². The van der Waals surface area contributed by atoms with E-state index in [9.17, 15) is 9.59 Å². The van der Waals surface area contributed by atoms with Crippen LogP contribution < -0.4 is 30.5 Å². The zero-order valence-electron chi connectivity index (χ0n) is 26.7. The quantitative estimate of drug-likeness (QED) is 0.254. The average molecular weight is 615 g/mol. The monoisotopic (exact) mass is 614 g/mol. The van der Waals surface area contributed by atoms with Gasteiger partial charge in [0.15, 0.2) is 0 Å². The standard InChI is InChI=1S/C35H46N6O4/c1-26(2)27-9-11-28(12-10-27)37-35(43)38-29-13-14-31(30(25-29)34(42)36-15-6-16-39-21-23-45-24-22-39)40-17-19-41(20-18-40)32-7-4-5-8-33(32)44-3/h4-5,7-14,25-26H,6,15-24H2,1-3H3,(H,36,42)(H2,37,38,43). The van der Waals surface area contributed by atoms with Gasteiger partial charge in [0.2, 0.25) is 0 Å². The van der Waals surface area contributed by atoms with Gasteiger partial charge >= 0.3 is 6.03 Å². The number of urea groups is 1. The maximum atomic E-state index is 13.6. The fraction of sp³-hybridized carbons (Fsp3) is 0.429. The lowest BCUT2D eigenvalue weighted by molar-refractivity contribution is 0.0374. The number of methoxy groups -OCH3 is 1. The summed E-state index contributed by atoms with van der Waals surface area (Å²) in [7, 11) is 1.69. The Morgan fingerprint density at radius 1 is 0.822 bits per heavy atom. The second kappa shape index (κ2) is 15.6. The second-order valence-electron chi connectivity index (χ2n) is 11.8. The zero-order chi connectivity index (χ0) is 31.6. The summed E-state index contributed by atoms with van der Waals surface area (Å²) in [5.41, 5.74) is 4.95. The van der Waals surface area contributed by atoms with E-state index in [1.54, 1.807) is 13.2 Å². The average Bonchev–Trinajstić information content (AvgIpc) is 3.07. The largest absolute Gasteiger partial charge is 0.495 e. The van der Waals surface area contributed by atoms with Crippen LogP contribution in [-0.4, -0.2) is 89.5 Å². The molecule has 5 rings (SSSR count). The van der Waals surface area contributed by atoms with E-state index in [2.05, 4.69) is 50.6 Å². The molecule has 2 fully saturated rings. The summed E-state index contributed by atoms with van der Waals surface area (Å²) in [6.07, 6.45) is 0.856. The number of carbonyl (C=O) groups excluding carboxylic acids is 2. The number of amides is 3. The molecule has 0 aromatic heterocycles. The van der Waals surface area contributed by atoms with Gasteiger partial charge in [-0.2, -0.15) is 0 Å². The first-order chi connectivity index (χ1) is 21.9. The van der Waals surface area contributed by atoms with Gasteiger partial charge in [0.1, 0.15) is 5.75 Å². The number of morpholine rings is 1. The highest BCUT2D eigenvalue weighted by Crippen LogP contribution is 2.31. The molecule has 0 atom stereocenters. The summed E-state index contributed by atoms with van der Waals surface area (Å²) in [6, 6.07) is 21.1. The van der Waals surface area contributed by atoms with Crippen LogP contribution in [0.1, 0.15) is 42.1 Å². The van der Waals surface area contributed by atoms with E-state index in [1.165, 1.54) is 5.56 Å². The second-order valence-corrected chi connectivity index (χ2v) is 11.8. The molecule has 3 aromatic carbocycles. The van der Waals surface area contributed by atoms with E-state index < -0.39 is 0 Å². The molecular weight excluding hydrogens is 568 g/mol. The molecule has 2 heterocycles. The number of nitrogens with zero attached hydrogens (tertiary/aromatic N) is 3. The Labute approximate surface area is 266 Å². The maximum absolute atomic E-state index is 13.6. The van der Waals surface area contributed by atoms with Crippen LogP contribution in [0.5, 0.6) is 5.75 Å². The molecule has 2 aliphatic rings. The van der Waals surface area contributed by atoms with Gasteiger partial charge in [-0.3, -0.25) is 9.69 Å². The Morgan fingerprint density at radius 2 is 1.47 bits per heavy atom. The molecule has 2 aliphatic heterocycles. The van der Waals surface area contributed by atoms with Crippen molar-refractivity contribution in [1.82, 2.24) is 10.2 Å². The molecular formula is C35H46N6O4. The number of hydrogen-bond acceptors (Lipinski definition) is 7. The Morgan fingerprint density at radius 3 is 2.16 bits per heavy atom. The number of piperazine rings is 1. The van der Waals surface area contributed by atoms with E-state index >= 15 is 0 Å². The number of benzene rings is 3. The third kappa shape index (κ3) is 8.67. The number of anilines is 4. The van der Waals surface area contributed by atoms with Gasteiger partial charge in [0.25, 0.3) is 5.91 Å². The van der Waals surface area contributed by atoms with E-state index in [0.29, 0.717) is 29.4 Å². The van der Waals surface area contributed by atoms with Crippen LogP contribution in [0.15, 0.2) is 66.7 Å². The van der Waals surface area contributed by atoms with Crippen molar-refractivity contribution in [3.8, 4) is 5.75 Å². The van der Waals surface area contributed by atoms with Crippen LogP contribution >= 0.6 is 0 Å². The van der Waals surface area contributed by atoms with Gasteiger partial charge in [0, 0.05) is 62.9 Å². The van der Waals surface area contributed by atoms with E-state index in [0.717, 1.165) is 82.6 Å². The lowest BCUT2D eigenvalue weighted by Gasteiger charge is -2.38. The van der Waals surface area contributed by atoms with Gasteiger partial charge < -0.3 is 35.2 Å². The number of nitrogens with one attached hydrogen (secondary N) is 3. The lowest BCUT2D eigenvalue weighted by Crippen LogP contribution is -2.47. The minimum absolute atomic E-state index is 0.146. The van der Waals surface area contributed by atoms with Crippen LogP contribution in [0.2, 0.25) is 0 Å². The summed E-state index contributed by atoms with van der Waals surface area (Å²) >= 11 is 0. The third-order valence-electron chi connectivity index (χ3n) is 8.42. The molecule has 2 saturated heterocycles. The van der Waals surface area contributed by atoms with Crippen LogP contribution in [-0.2, 0) is 4.74 Å². The number of rotatable bonds is 11. The molecule has 240 valence electrons. The van der Waals surface area contributed by atoms with E-state index in [4.69, 9.17) is 9.47 Å². The van der Waals surface area contributed by atoms with Crippen molar-refractivity contribution in [2.24, 2.45) is 0 Å². The summed E-state index contributed by atoms with van der Waals surface area (Å²) in [5, 5.41) is 8.93. The van der Waals surface area contributed by atoms with E-state index in [1.807, 2.05) is 54.6 Å². The van der Waals surface area contributed by atoms with Crippen LogP contribution in [0.4, 0.5) is 27.5 Å². The Balaban J connectivity index is 1.26. The summed E-state index contributed by atoms with van der Waals surface area (Å²) in [5.74, 6) is 1.12.